The Morgan fingerprint density at radius 1 is 1.29 bits per heavy atom. The van der Waals surface area contributed by atoms with Crippen molar-refractivity contribution in [3.8, 4) is 6.07 Å². The lowest BCUT2D eigenvalue weighted by molar-refractivity contribution is -0.0989. The fourth-order valence-electron chi connectivity index (χ4n) is 3.89. The molecule has 2 aliphatic heterocycles. The molecule has 0 radical (unpaired) electrons. The Hall–Kier alpha value is -1.90. The quantitative estimate of drug-likeness (QED) is 0.851. The van der Waals surface area contributed by atoms with Gasteiger partial charge in [-0.15, -0.1) is 0 Å². The van der Waals surface area contributed by atoms with Gasteiger partial charge in [0.15, 0.2) is 0 Å². The number of fused-ring (bicyclic) bond motifs is 1. The van der Waals surface area contributed by atoms with Crippen LogP contribution in [0.25, 0.3) is 0 Å². The molecule has 4 rings (SSSR count). The summed E-state index contributed by atoms with van der Waals surface area (Å²) < 4.78 is 5.96. The summed E-state index contributed by atoms with van der Waals surface area (Å²) in [7, 11) is 0. The Labute approximate surface area is 142 Å². The molecule has 2 saturated heterocycles. The van der Waals surface area contributed by atoms with E-state index in [1.54, 1.807) is 24.3 Å². The first-order valence-electron chi connectivity index (χ1n) is 8.89. The fourth-order valence-corrected chi connectivity index (χ4v) is 3.89. The van der Waals surface area contributed by atoms with Crippen molar-refractivity contribution >= 4 is 5.91 Å². The van der Waals surface area contributed by atoms with Gasteiger partial charge in [0.2, 0.25) is 0 Å². The van der Waals surface area contributed by atoms with Gasteiger partial charge in [-0.3, -0.25) is 9.69 Å². The van der Waals surface area contributed by atoms with Crippen LogP contribution < -0.4 is 0 Å². The molecule has 0 N–H and O–H groups in total. The Balaban J connectivity index is 1.48. The van der Waals surface area contributed by atoms with E-state index in [-0.39, 0.29) is 12.0 Å². The monoisotopic (exact) mass is 325 g/mol. The summed E-state index contributed by atoms with van der Waals surface area (Å²) in [5.41, 5.74) is 1.14. The minimum atomic E-state index is 0.0301. The zero-order valence-corrected chi connectivity index (χ0v) is 13.9. The minimum Gasteiger partial charge on any atom is -0.375 e. The number of benzene rings is 1. The first kappa shape index (κ1) is 15.6. The second kappa shape index (κ2) is 6.54. The van der Waals surface area contributed by atoms with Gasteiger partial charge in [-0.1, -0.05) is 6.07 Å². The van der Waals surface area contributed by atoms with Crippen molar-refractivity contribution in [2.45, 2.75) is 31.4 Å². The third kappa shape index (κ3) is 3.17. The number of carbonyl (C=O) groups is 1. The topological polar surface area (TPSA) is 56.6 Å². The number of piperidine rings is 1. The van der Waals surface area contributed by atoms with Gasteiger partial charge in [0.05, 0.1) is 30.4 Å². The van der Waals surface area contributed by atoms with Crippen LogP contribution in [0.4, 0.5) is 0 Å². The van der Waals surface area contributed by atoms with E-state index in [0.29, 0.717) is 17.2 Å². The van der Waals surface area contributed by atoms with Gasteiger partial charge in [-0.05, 0) is 43.4 Å². The van der Waals surface area contributed by atoms with E-state index in [4.69, 9.17) is 10.00 Å². The number of ether oxygens (including phenoxy) is 1. The molecule has 24 heavy (non-hydrogen) atoms. The van der Waals surface area contributed by atoms with Crippen molar-refractivity contribution in [1.82, 2.24) is 9.80 Å². The zero-order valence-electron chi connectivity index (χ0n) is 13.9. The molecular weight excluding hydrogens is 302 g/mol. The van der Waals surface area contributed by atoms with Crippen molar-refractivity contribution < 1.29 is 9.53 Å². The maximum atomic E-state index is 12.8. The van der Waals surface area contributed by atoms with Gasteiger partial charge < -0.3 is 9.64 Å². The van der Waals surface area contributed by atoms with E-state index < -0.39 is 0 Å². The van der Waals surface area contributed by atoms with Crippen LogP contribution in [0.3, 0.4) is 0 Å². The van der Waals surface area contributed by atoms with E-state index in [2.05, 4.69) is 11.0 Å². The molecule has 5 heteroatoms. The van der Waals surface area contributed by atoms with E-state index in [9.17, 15) is 4.79 Å². The standard InChI is InChI=1S/C19H23N3O2/c20-11-15-2-1-3-16(10-15)19(23)22-7-6-18-17(13-22)21(8-9-24-18)12-14-4-5-14/h1-3,10,14,17-18H,4-9,12-13H2/t17-,18-/m1/s1. The van der Waals surface area contributed by atoms with Crippen LogP contribution in [0.5, 0.6) is 0 Å². The average Bonchev–Trinajstić information content (AvgIpc) is 3.45. The Kier molecular flexibility index (Phi) is 4.26. The number of nitriles is 1. The van der Waals surface area contributed by atoms with Crippen molar-refractivity contribution in [1.29, 1.82) is 5.26 Å². The predicted octanol–water partition coefficient (Wildman–Crippen LogP) is 1.88. The molecular formula is C19H23N3O2. The highest BCUT2D eigenvalue weighted by Gasteiger charge is 2.40. The molecule has 0 aromatic heterocycles. The molecule has 126 valence electrons. The van der Waals surface area contributed by atoms with Gasteiger partial charge in [0.25, 0.3) is 5.91 Å². The van der Waals surface area contributed by atoms with Crippen molar-refractivity contribution in [3.63, 3.8) is 0 Å². The van der Waals surface area contributed by atoms with Crippen molar-refractivity contribution in [3.05, 3.63) is 35.4 Å². The van der Waals surface area contributed by atoms with Gasteiger partial charge >= 0.3 is 0 Å². The third-order valence-electron chi connectivity index (χ3n) is 5.42. The lowest BCUT2D eigenvalue weighted by Crippen LogP contribution is -2.61. The van der Waals surface area contributed by atoms with Crippen LogP contribution in [-0.2, 0) is 4.74 Å². The summed E-state index contributed by atoms with van der Waals surface area (Å²) in [6.07, 6.45) is 3.85. The SMILES string of the molecule is N#Cc1cccc(C(=O)N2CC[C@H]3OCCN(CC4CC4)[C@@H]3C2)c1. The van der Waals surface area contributed by atoms with Gasteiger partial charge in [0, 0.05) is 31.7 Å². The first-order valence-corrected chi connectivity index (χ1v) is 8.89. The second-order valence-corrected chi connectivity index (χ2v) is 7.15. The number of nitrogens with zero attached hydrogens (tertiary/aromatic N) is 3. The van der Waals surface area contributed by atoms with Crippen LogP contribution in [0, 0.1) is 17.2 Å². The maximum Gasteiger partial charge on any atom is 0.253 e. The summed E-state index contributed by atoms with van der Waals surface area (Å²) in [6, 6.07) is 9.42. The van der Waals surface area contributed by atoms with Crippen molar-refractivity contribution in [2.24, 2.45) is 5.92 Å². The smallest absolute Gasteiger partial charge is 0.253 e. The molecule has 5 nitrogen and oxygen atoms in total. The molecule has 2 heterocycles. The summed E-state index contributed by atoms with van der Waals surface area (Å²) in [5.74, 6) is 0.879. The van der Waals surface area contributed by atoms with E-state index in [1.165, 1.54) is 12.8 Å². The summed E-state index contributed by atoms with van der Waals surface area (Å²) in [5, 5.41) is 9.03. The number of carbonyl (C=O) groups excluding carboxylic acids is 1. The number of amides is 1. The van der Waals surface area contributed by atoms with Crippen LogP contribution in [-0.4, -0.2) is 60.6 Å². The Bertz CT molecular complexity index is 665. The first-order chi connectivity index (χ1) is 11.7. The molecule has 1 amide bonds. The normalized spacial score (nSPS) is 27.4. The van der Waals surface area contributed by atoms with Crippen LogP contribution in [0.1, 0.15) is 35.2 Å². The lowest BCUT2D eigenvalue weighted by Gasteiger charge is -2.47. The van der Waals surface area contributed by atoms with E-state index in [0.717, 1.165) is 45.1 Å². The molecule has 0 bridgehead atoms. The number of hydrogen-bond donors (Lipinski definition) is 0. The molecule has 3 fully saturated rings. The molecule has 3 aliphatic rings. The molecule has 1 aromatic carbocycles. The van der Waals surface area contributed by atoms with Crippen LogP contribution in [0.2, 0.25) is 0 Å². The zero-order chi connectivity index (χ0) is 16.5. The highest BCUT2D eigenvalue weighted by molar-refractivity contribution is 5.94. The molecule has 1 aliphatic carbocycles. The summed E-state index contributed by atoms with van der Waals surface area (Å²) in [6.45, 7) is 4.40. The minimum absolute atomic E-state index is 0.0301. The number of likely N-dealkylation sites (tertiary alicyclic amines) is 1. The highest BCUT2D eigenvalue weighted by atomic mass is 16.5. The van der Waals surface area contributed by atoms with E-state index >= 15 is 0 Å². The molecule has 2 atom stereocenters. The molecule has 0 unspecified atom stereocenters. The molecule has 0 spiro atoms. The Morgan fingerprint density at radius 3 is 2.96 bits per heavy atom. The lowest BCUT2D eigenvalue weighted by atomic mass is 9.97. The van der Waals surface area contributed by atoms with Crippen molar-refractivity contribution in [2.75, 3.05) is 32.8 Å². The van der Waals surface area contributed by atoms with E-state index in [1.807, 2.05) is 4.90 Å². The summed E-state index contributed by atoms with van der Waals surface area (Å²) in [4.78, 5) is 17.3. The predicted molar refractivity (Wildman–Crippen MR) is 89.5 cm³/mol. The second-order valence-electron chi connectivity index (χ2n) is 7.15. The van der Waals surface area contributed by atoms with Gasteiger partial charge in [0.1, 0.15) is 0 Å². The largest absolute Gasteiger partial charge is 0.375 e. The van der Waals surface area contributed by atoms with Gasteiger partial charge in [-0.2, -0.15) is 5.26 Å². The average molecular weight is 325 g/mol. The Morgan fingerprint density at radius 2 is 2.17 bits per heavy atom. The highest BCUT2D eigenvalue weighted by Crippen LogP contribution is 2.33. The van der Waals surface area contributed by atoms with Crippen LogP contribution >= 0.6 is 0 Å². The number of rotatable bonds is 3. The maximum absolute atomic E-state index is 12.8. The molecule has 1 aromatic rings. The summed E-state index contributed by atoms with van der Waals surface area (Å²) >= 11 is 0. The molecule has 1 saturated carbocycles. The fraction of sp³-hybridized carbons (Fsp3) is 0.579. The number of morpholine rings is 1. The van der Waals surface area contributed by atoms with Gasteiger partial charge in [-0.25, -0.2) is 0 Å². The van der Waals surface area contributed by atoms with Crippen LogP contribution in [0.15, 0.2) is 24.3 Å². The third-order valence-corrected chi connectivity index (χ3v) is 5.42. The number of hydrogen-bond acceptors (Lipinski definition) is 4.